The summed E-state index contributed by atoms with van der Waals surface area (Å²) in [5, 5.41) is 35.3. The minimum atomic E-state index is -2.89. The topological polar surface area (TPSA) is 128 Å². The molecule has 0 radical (unpaired) electrons. The number of tetrazole rings is 1. The molecular weight excluding hydrogens is 529 g/mol. The molecule has 0 saturated carbocycles. The normalized spacial score (nSPS) is 12.4. The zero-order valence-corrected chi connectivity index (χ0v) is 20.3. The van der Waals surface area contributed by atoms with E-state index in [0.717, 1.165) is 0 Å². The van der Waals surface area contributed by atoms with Crippen LogP contribution in [0.2, 0.25) is 5.02 Å². The smallest absolute Gasteiger partial charge is 0.335 e. The Kier molecular flexibility index (Phi) is 7.02. The van der Waals surface area contributed by atoms with Gasteiger partial charge in [0.05, 0.1) is 39.9 Å². The molecule has 0 bridgehead atoms. The van der Waals surface area contributed by atoms with Crippen molar-refractivity contribution in [2.75, 3.05) is 13.7 Å². The Labute approximate surface area is 217 Å². The molecule has 4 heterocycles. The number of rotatable bonds is 9. The molecule has 0 aliphatic heterocycles. The van der Waals surface area contributed by atoms with Gasteiger partial charge in [-0.3, -0.25) is 4.68 Å². The Bertz CT molecular complexity index is 1560. The summed E-state index contributed by atoms with van der Waals surface area (Å²) in [6.07, 6.45) is 6.91. The van der Waals surface area contributed by atoms with Gasteiger partial charge in [-0.1, -0.05) is 16.8 Å². The Morgan fingerprint density at radius 2 is 1.95 bits per heavy atom. The molecule has 0 N–H and O–H groups in total. The van der Waals surface area contributed by atoms with Gasteiger partial charge in [0.15, 0.2) is 12.0 Å². The third kappa shape index (κ3) is 4.68. The fourth-order valence-electron chi connectivity index (χ4n) is 4.06. The van der Waals surface area contributed by atoms with E-state index >= 15 is 4.39 Å². The van der Waals surface area contributed by atoms with Gasteiger partial charge in [0.25, 0.3) is 0 Å². The van der Waals surface area contributed by atoms with E-state index in [1.54, 1.807) is 6.07 Å². The van der Waals surface area contributed by atoms with E-state index in [1.165, 1.54) is 65.8 Å². The molecule has 1 unspecified atom stereocenters. The van der Waals surface area contributed by atoms with Crippen LogP contribution in [0.5, 0.6) is 0 Å². The van der Waals surface area contributed by atoms with Crippen LogP contribution in [0.3, 0.4) is 0 Å². The summed E-state index contributed by atoms with van der Waals surface area (Å²) in [5.41, 5.74) is 1.19. The van der Waals surface area contributed by atoms with Crippen molar-refractivity contribution in [3.05, 3.63) is 77.1 Å². The Morgan fingerprint density at radius 1 is 1.11 bits per heavy atom. The number of hydrogen-bond acceptors (Lipinski definition) is 8. The molecule has 5 aromatic rings. The van der Waals surface area contributed by atoms with E-state index in [0.29, 0.717) is 21.4 Å². The first-order valence-electron chi connectivity index (χ1n) is 11.1. The average molecular weight is 547 g/mol. The lowest BCUT2D eigenvalue weighted by Crippen LogP contribution is -2.36. The number of hydrogen-bond donors (Lipinski definition) is 0. The second kappa shape index (κ2) is 10.5. The zero-order chi connectivity index (χ0) is 26.8. The number of aromatic nitrogens is 10. The molecule has 1 atom stereocenters. The Hall–Kier alpha value is -4.37. The van der Waals surface area contributed by atoms with Gasteiger partial charge in [0.1, 0.15) is 12.4 Å². The molecule has 0 aliphatic rings. The van der Waals surface area contributed by atoms with Gasteiger partial charge in [0, 0.05) is 38.0 Å². The van der Waals surface area contributed by atoms with Crippen LogP contribution in [0.4, 0.5) is 13.2 Å². The van der Waals surface area contributed by atoms with Crippen LogP contribution in [0, 0.1) is 11.0 Å². The fourth-order valence-corrected chi connectivity index (χ4v) is 4.21. The number of nitrogens with zero attached hydrogens (tertiary/aromatic N) is 10. The molecule has 12 nitrogen and oxygen atoms in total. The maximum Gasteiger partial charge on any atom is 0.335 e. The molecule has 1 aromatic carbocycles. The molecule has 0 saturated heterocycles. The van der Waals surface area contributed by atoms with Gasteiger partial charge in [0.2, 0.25) is 5.69 Å². The molecule has 0 spiro atoms. The molecule has 0 aliphatic carbocycles. The zero-order valence-electron chi connectivity index (χ0n) is 19.6. The molecule has 38 heavy (non-hydrogen) atoms. The highest BCUT2D eigenvalue weighted by atomic mass is 35.5. The van der Waals surface area contributed by atoms with Crippen molar-refractivity contribution in [2.24, 2.45) is 0 Å². The van der Waals surface area contributed by atoms with E-state index in [2.05, 4.69) is 30.9 Å². The first-order chi connectivity index (χ1) is 18.4. The number of alkyl halides is 2. The van der Waals surface area contributed by atoms with Crippen molar-refractivity contribution < 1.29 is 22.6 Å². The van der Waals surface area contributed by atoms with Crippen molar-refractivity contribution in [3.63, 3.8) is 0 Å². The lowest BCUT2D eigenvalue weighted by Gasteiger charge is -2.18. The van der Waals surface area contributed by atoms with Crippen LogP contribution in [-0.2, 0) is 4.74 Å². The van der Waals surface area contributed by atoms with Gasteiger partial charge in [-0.05, 0) is 28.6 Å². The highest BCUT2D eigenvalue weighted by Crippen LogP contribution is 2.33. The fraction of sp³-hybridized carbons (Fsp3) is 0.227. The van der Waals surface area contributed by atoms with Crippen LogP contribution in [-0.4, -0.2) is 58.7 Å². The van der Waals surface area contributed by atoms with Gasteiger partial charge in [-0.25, -0.2) is 4.39 Å². The minimum absolute atomic E-state index is 0.0310. The maximum absolute atomic E-state index is 15.2. The third-order valence-electron chi connectivity index (χ3n) is 5.81. The summed E-state index contributed by atoms with van der Waals surface area (Å²) >= 11 is 6.03. The summed E-state index contributed by atoms with van der Waals surface area (Å²) in [4.78, 5) is 0. The second-order valence-corrected chi connectivity index (χ2v) is 8.43. The predicted octanol–water partition coefficient (Wildman–Crippen LogP) is 3.23. The van der Waals surface area contributed by atoms with E-state index in [1.807, 2.05) is 0 Å². The predicted molar refractivity (Wildman–Crippen MR) is 126 cm³/mol. The second-order valence-electron chi connectivity index (χ2n) is 8.03. The van der Waals surface area contributed by atoms with Crippen LogP contribution >= 0.6 is 11.6 Å². The molecule has 4 aromatic heterocycles. The van der Waals surface area contributed by atoms with Gasteiger partial charge in [-0.2, -0.15) is 28.0 Å². The number of pyridine rings is 1. The SMILES string of the molecule is COCCC(c1ccc(-c2c(-n3cnnn3)ccc(Cl)c2F)c[n+]1[O-])n1cc(-c2cnnn2C(F)F)cn1. The van der Waals surface area contributed by atoms with Crippen molar-refractivity contribution in [2.45, 2.75) is 19.0 Å². The van der Waals surface area contributed by atoms with Crippen LogP contribution in [0.1, 0.15) is 24.7 Å². The van der Waals surface area contributed by atoms with E-state index in [9.17, 15) is 14.0 Å². The maximum atomic E-state index is 15.2. The van der Waals surface area contributed by atoms with Gasteiger partial charge in [-0.15, -0.1) is 10.2 Å². The van der Waals surface area contributed by atoms with Crippen molar-refractivity contribution in [3.8, 4) is 28.1 Å². The first-order valence-corrected chi connectivity index (χ1v) is 11.4. The summed E-state index contributed by atoms with van der Waals surface area (Å²) < 4.78 is 50.7. The lowest BCUT2D eigenvalue weighted by molar-refractivity contribution is -0.615. The third-order valence-corrected chi connectivity index (χ3v) is 6.11. The summed E-state index contributed by atoms with van der Waals surface area (Å²) in [7, 11) is 1.51. The average Bonchev–Trinajstić information content (AvgIpc) is 3.68. The van der Waals surface area contributed by atoms with E-state index in [-0.39, 0.29) is 39.8 Å². The van der Waals surface area contributed by atoms with E-state index < -0.39 is 18.4 Å². The number of benzene rings is 1. The monoisotopic (exact) mass is 546 g/mol. The molecule has 5 rings (SSSR count). The standard InChI is InChI=1S/C22H18ClF3N10O2/c1-38-7-6-16(33-10-14(8-29-33)19-9-27-31-36(19)22(25)26)17-4-2-13(11-35(17)37)20-18(34-12-28-30-32-34)5-3-15(23)21(20)24/h2-5,8-12,16,22H,6-7H2,1H3. The Morgan fingerprint density at radius 3 is 2.66 bits per heavy atom. The van der Waals surface area contributed by atoms with Crippen LogP contribution in [0.15, 0.2) is 55.4 Å². The molecule has 0 amide bonds. The van der Waals surface area contributed by atoms with Crippen molar-refractivity contribution in [1.82, 2.24) is 45.0 Å². The molecule has 16 heteroatoms. The quantitative estimate of drug-likeness (QED) is 0.204. The van der Waals surface area contributed by atoms with Crippen LogP contribution in [0.25, 0.3) is 28.1 Å². The van der Waals surface area contributed by atoms with Crippen molar-refractivity contribution in [1.29, 1.82) is 0 Å². The Balaban J connectivity index is 1.55. The highest BCUT2D eigenvalue weighted by Gasteiger charge is 2.26. The van der Waals surface area contributed by atoms with Crippen molar-refractivity contribution >= 4 is 11.6 Å². The van der Waals surface area contributed by atoms with E-state index in [4.69, 9.17) is 16.3 Å². The summed E-state index contributed by atoms with van der Waals surface area (Å²) in [6, 6.07) is 5.34. The molecular formula is C22H18ClF3N10O2. The number of halogens is 4. The summed E-state index contributed by atoms with van der Waals surface area (Å²) in [6.45, 7) is -2.62. The van der Waals surface area contributed by atoms with Gasteiger partial charge < -0.3 is 9.94 Å². The first kappa shape index (κ1) is 25.3. The van der Waals surface area contributed by atoms with Crippen LogP contribution < -0.4 is 4.73 Å². The largest absolute Gasteiger partial charge is 0.618 e. The summed E-state index contributed by atoms with van der Waals surface area (Å²) in [5.74, 6) is -0.746. The number of methoxy groups -OCH3 is 1. The van der Waals surface area contributed by atoms with Gasteiger partial charge >= 0.3 is 6.55 Å². The highest BCUT2D eigenvalue weighted by molar-refractivity contribution is 6.31. The molecule has 0 fully saturated rings. The lowest BCUT2D eigenvalue weighted by atomic mass is 10.0. The number of ether oxygens (including phenoxy) is 1. The molecule has 196 valence electrons. The minimum Gasteiger partial charge on any atom is -0.618 e.